The SMILES string of the molecule is CC(C)C(NC(=O)C(CC(=O)O)NC(=O)C(NC(=O)C(N)CS)C(C)O)C(=O)O. The number of hydrogen-bond acceptors (Lipinski definition) is 8. The topological polar surface area (TPSA) is 208 Å². The summed E-state index contributed by atoms with van der Waals surface area (Å²) in [6.45, 7) is 4.27. The molecule has 0 aromatic carbocycles. The van der Waals surface area contributed by atoms with Crippen molar-refractivity contribution in [3.8, 4) is 0 Å². The number of carbonyl (C=O) groups is 5. The highest BCUT2D eigenvalue weighted by Crippen LogP contribution is 2.05. The van der Waals surface area contributed by atoms with Gasteiger partial charge in [-0.2, -0.15) is 12.6 Å². The van der Waals surface area contributed by atoms with Gasteiger partial charge in [-0.3, -0.25) is 19.2 Å². The lowest BCUT2D eigenvalue weighted by Crippen LogP contribution is -2.60. The Morgan fingerprint density at radius 3 is 1.79 bits per heavy atom. The summed E-state index contributed by atoms with van der Waals surface area (Å²) in [5, 5.41) is 34.4. The van der Waals surface area contributed by atoms with Crippen LogP contribution in [0.3, 0.4) is 0 Å². The first-order valence-corrected chi connectivity index (χ1v) is 9.35. The standard InChI is InChI=1S/C16H28N4O8S/c1-6(2)11(16(27)28)19-14(25)9(4-10(22)23)18-15(26)12(7(3)21)20-13(24)8(17)5-29/h6-9,11-12,21,29H,4-5,17H2,1-3H3,(H,18,26)(H,19,25)(H,20,24)(H,22,23)(H,27,28). The maximum Gasteiger partial charge on any atom is 0.326 e. The number of amides is 3. The number of carboxylic acid groups (broad SMARTS) is 2. The molecule has 0 saturated carbocycles. The van der Waals surface area contributed by atoms with Crippen molar-refractivity contribution in [2.45, 2.75) is 57.5 Å². The average Bonchev–Trinajstić information content (AvgIpc) is 2.60. The number of nitrogens with one attached hydrogen (secondary N) is 3. The minimum absolute atomic E-state index is 0.0319. The molecule has 0 radical (unpaired) electrons. The van der Waals surface area contributed by atoms with Gasteiger partial charge in [-0.1, -0.05) is 13.8 Å². The summed E-state index contributed by atoms with van der Waals surface area (Å²) in [4.78, 5) is 59.0. The van der Waals surface area contributed by atoms with Crippen LogP contribution in [0.1, 0.15) is 27.2 Å². The number of hydrogen-bond donors (Lipinski definition) is 8. The molecule has 5 unspecified atom stereocenters. The highest BCUT2D eigenvalue weighted by Gasteiger charge is 2.33. The van der Waals surface area contributed by atoms with Gasteiger partial charge in [0.05, 0.1) is 18.6 Å². The Morgan fingerprint density at radius 1 is 0.897 bits per heavy atom. The predicted molar refractivity (Wildman–Crippen MR) is 104 cm³/mol. The van der Waals surface area contributed by atoms with Crippen LogP contribution in [0.15, 0.2) is 0 Å². The van der Waals surface area contributed by atoms with Gasteiger partial charge in [-0.25, -0.2) is 4.79 Å². The largest absolute Gasteiger partial charge is 0.481 e. The lowest BCUT2D eigenvalue weighted by atomic mass is 10.0. The van der Waals surface area contributed by atoms with Crippen LogP contribution >= 0.6 is 12.6 Å². The van der Waals surface area contributed by atoms with Gasteiger partial charge >= 0.3 is 11.9 Å². The molecule has 12 nitrogen and oxygen atoms in total. The molecule has 0 saturated heterocycles. The number of nitrogens with two attached hydrogens (primary N) is 1. The Morgan fingerprint density at radius 2 is 1.41 bits per heavy atom. The monoisotopic (exact) mass is 436 g/mol. The molecule has 0 aromatic heterocycles. The first-order chi connectivity index (χ1) is 13.3. The average molecular weight is 436 g/mol. The van der Waals surface area contributed by atoms with E-state index in [9.17, 15) is 29.1 Å². The fourth-order valence-electron chi connectivity index (χ4n) is 2.16. The first-order valence-electron chi connectivity index (χ1n) is 8.72. The zero-order valence-electron chi connectivity index (χ0n) is 16.3. The van der Waals surface area contributed by atoms with E-state index in [1.807, 2.05) is 0 Å². The fraction of sp³-hybridized carbons (Fsp3) is 0.688. The maximum atomic E-state index is 12.4. The van der Waals surface area contributed by atoms with Gasteiger partial charge in [-0.15, -0.1) is 0 Å². The normalized spacial score (nSPS) is 16.1. The summed E-state index contributed by atoms with van der Waals surface area (Å²) in [6, 6.07) is -5.54. The fourth-order valence-corrected chi connectivity index (χ4v) is 2.33. The molecule has 166 valence electrons. The predicted octanol–water partition coefficient (Wildman–Crippen LogP) is -2.71. The third-order valence-corrected chi connectivity index (χ3v) is 4.23. The van der Waals surface area contributed by atoms with Gasteiger partial charge in [0.25, 0.3) is 0 Å². The van der Waals surface area contributed by atoms with E-state index >= 15 is 0 Å². The number of thiol groups is 1. The van der Waals surface area contributed by atoms with Crippen LogP contribution in [-0.2, 0) is 24.0 Å². The van der Waals surface area contributed by atoms with Gasteiger partial charge in [0.1, 0.15) is 18.1 Å². The molecular formula is C16H28N4O8S. The highest BCUT2D eigenvalue weighted by molar-refractivity contribution is 7.80. The van der Waals surface area contributed by atoms with Gasteiger partial charge in [0.2, 0.25) is 17.7 Å². The summed E-state index contributed by atoms with van der Waals surface area (Å²) in [6.07, 6.45) is -2.25. The summed E-state index contributed by atoms with van der Waals surface area (Å²) >= 11 is 3.85. The van der Waals surface area contributed by atoms with E-state index in [0.717, 1.165) is 0 Å². The minimum Gasteiger partial charge on any atom is -0.481 e. The molecule has 0 aromatic rings. The molecule has 0 heterocycles. The molecule has 0 fully saturated rings. The molecule has 0 rings (SSSR count). The van der Waals surface area contributed by atoms with Gasteiger partial charge < -0.3 is 37.0 Å². The van der Waals surface area contributed by atoms with Crippen molar-refractivity contribution in [2.75, 3.05) is 5.75 Å². The molecule has 29 heavy (non-hydrogen) atoms. The van der Waals surface area contributed by atoms with Crippen LogP contribution in [0.2, 0.25) is 0 Å². The number of rotatable bonds is 12. The van der Waals surface area contributed by atoms with Crippen molar-refractivity contribution in [2.24, 2.45) is 11.7 Å². The second-order valence-electron chi connectivity index (χ2n) is 6.74. The molecule has 0 aliphatic heterocycles. The summed E-state index contributed by atoms with van der Waals surface area (Å²) in [5.41, 5.74) is 5.49. The molecule has 3 amide bonds. The van der Waals surface area contributed by atoms with Crippen molar-refractivity contribution in [1.29, 1.82) is 0 Å². The van der Waals surface area contributed by atoms with Crippen LogP contribution in [0, 0.1) is 5.92 Å². The lowest BCUT2D eigenvalue weighted by Gasteiger charge is -2.26. The van der Waals surface area contributed by atoms with E-state index in [2.05, 4.69) is 28.6 Å². The quantitative estimate of drug-likeness (QED) is 0.149. The van der Waals surface area contributed by atoms with Gasteiger partial charge in [0.15, 0.2) is 0 Å². The second-order valence-corrected chi connectivity index (χ2v) is 7.11. The molecule has 8 N–H and O–H groups in total. The molecule has 13 heteroatoms. The van der Waals surface area contributed by atoms with Crippen molar-refractivity contribution in [1.82, 2.24) is 16.0 Å². The van der Waals surface area contributed by atoms with E-state index in [-0.39, 0.29) is 5.75 Å². The van der Waals surface area contributed by atoms with Crippen molar-refractivity contribution in [3.05, 3.63) is 0 Å². The third kappa shape index (κ3) is 9.11. The Bertz CT molecular complexity index is 628. The number of aliphatic carboxylic acids is 2. The van der Waals surface area contributed by atoms with E-state index in [1.165, 1.54) is 20.8 Å². The van der Waals surface area contributed by atoms with E-state index in [0.29, 0.717) is 0 Å². The molecule has 0 aliphatic rings. The summed E-state index contributed by atoms with van der Waals surface area (Å²) < 4.78 is 0. The van der Waals surface area contributed by atoms with E-state index in [4.69, 9.17) is 15.9 Å². The molecule has 0 spiro atoms. The van der Waals surface area contributed by atoms with Gasteiger partial charge in [-0.05, 0) is 12.8 Å². The molecular weight excluding hydrogens is 408 g/mol. The summed E-state index contributed by atoms with van der Waals surface area (Å²) in [7, 11) is 0. The van der Waals surface area contributed by atoms with E-state index in [1.54, 1.807) is 0 Å². The van der Waals surface area contributed by atoms with Crippen LogP contribution in [0.5, 0.6) is 0 Å². The Balaban J connectivity index is 5.43. The van der Waals surface area contributed by atoms with Gasteiger partial charge in [0, 0.05) is 5.75 Å². The van der Waals surface area contributed by atoms with Crippen molar-refractivity contribution < 1.29 is 39.3 Å². The maximum absolute atomic E-state index is 12.4. The van der Waals surface area contributed by atoms with Crippen LogP contribution < -0.4 is 21.7 Å². The van der Waals surface area contributed by atoms with Crippen molar-refractivity contribution in [3.63, 3.8) is 0 Å². The smallest absolute Gasteiger partial charge is 0.326 e. The van der Waals surface area contributed by atoms with Crippen LogP contribution in [0.4, 0.5) is 0 Å². The minimum atomic E-state index is -1.64. The second kappa shape index (κ2) is 12.2. The molecule has 0 bridgehead atoms. The van der Waals surface area contributed by atoms with Crippen LogP contribution in [-0.4, -0.2) is 81.0 Å². The third-order valence-electron chi connectivity index (χ3n) is 3.84. The lowest BCUT2D eigenvalue weighted by molar-refractivity contribution is -0.144. The van der Waals surface area contributed by atoms with Crippen LogP contribution in [0.25, 0.3) is 0 Å². The first kappa shape index (κ1) is 26.6. The molecule has 0 aliphatic carbocycles. The van der Waals surface area contributed by atoms with E-state index < -0.39 is 72.3 Å². The zero-order valence-corrected chi connectivity index (χ0v) is 17.2. The number of aliphatic hydroxyl groups excluding tert-OH is 1. The Labute approximate surface area is 173 Å². The number of carboxylic acids is 2. The Hall–Kier alpha value is -2.38. The summed E-state index contributed by atoms with van der Waals surface area (Å²) in [5.74, 6) is -6.17. The molecule has 5 atom stereocenters. The highest BCUT2D eigenvalue weighted by atomic mass is 32.1. The zero-order chi connectivity index (χ0) is 22.9. The number of aliphatic hydroxyl groups is 1. The number of carbonyl (C=O) groups excluding carboxylic acids is 3. The Kier molecular flexibility index (Phi) is 11.2. The van der Waals surface area contributed by atoms with Crippen molar-refractivity contribution >= 4 is 42.3 Å².